The predicted molar refractivity (Wildman–Crippen MR) is 50.4 cm³/mol. The lowest BCUT2D eigenvalue weighted by atomic mass is 10.2. The number of hydrogen-bond acceptors (Lipinski definition) is 5. The minimum Gasteiger partial charge on any atom is -0.468 e. The molecule has 1 atom stereocenters. The van der Waals surface area contributed by atoms with Crippen molar-refractivity contribution in [1.29, 1.82) is 0 Å². The molecule has 0 saturated heterocycles. The fraction of sp³-hybridized carbons (Fsp3) is 0.556. The Labute approximate surface area is 82.9 Å². The predicted octanol–water partition coefficient (Wildman–Crippen LogP) is -0.00390. The topological polar surface area (TPSA) is 78.6 Å². The minimum absolute atomic E-state index is 0.198. The molecule has 0 aliphatic rings. The quantitative estimate of drug-likeness (QED) is 0.500. The molecule has 0 aromatic carbocycles. The first-order chi connectivity index (χ1) is 6.57. The Morgan fingerprint density at radius 3 is 2.57 bits per heavy atom. The molecule has 0 amide bonds. The zero-order valence-corrected chi connectivity index (χ0v) is 8.36. The average Bonchev–Trinajstić information content (AvgIpc) is 2.15. The zero-order chi connectivity index (χ0) is 11.0. The van der Waals surface area contributed by atoms with Gasteiger partial charge in [0.2, 0.25) is 0 Å². The fourth-order valence-electron chi connectivity index (χ4n) is 0.724. The van der Waals surface area contributed by atoms with Crippen LogP contribution >= 0.6 is 0 Å². The van der Waals surface area contributed by atoms with E-state index in [1.165, 1.54) is 14.0 Å². The molecule has 0 aromatic rings. The van der Waals surface area contributed by atoms with Crippen LogP contribution in [0.25, 0.3) is 0 Å². The van der Waals surface area contributed by atoms with E-state index in [1.54, 1.807) is 12.2 Å². The number of nitrogens with two attached hydrogens (primary N) is 1. The van der Waals surface area contributed by atoms with Crippen LogP contribution in [-0.4, -0.2) is 31.7 Å². The van der Waals surface area contributed by atoms with Gasteiger partial charge in [0.25, 0.3) is 0 Å². The zero-order valence-electron chi connectivity index (χ0n) is 8.36. The highest BCUT2D eigenvalue weighted by Gasteiger charge is 2.10. The third-order valence-electron chi connectivity index (χ3n) is 1.44. The van der Waals surface area contributed by atoms with E-state index in [-0.39, 0.29) is 12.6 Å². The molecule has 5 nitrogen and oxygen atoms in total. The molecule has 0 saturated carbocycles. The van der Waals surface area contributed by atoms with E-state index < -0.39 is 12.0 Å². The van der Waals surface area contributed by atoms with Gasteiger partial charge in [-0.1, -0.05) is 12.2 Å². The highest BCUT2D eigenvalue weighted by Crippen LogP contribution is 1.93. The number of esters is 2. The second-order valence-corrected chi connectivity index (χ2v) is 2.64. The van der Waals surface area contributed by atoms with Crippen LogP contribution < -0.4 is 5.73 Å². The molecule has 2 N–H and O–H groups in total. The summed E-state index contributed by atoms with van der Waals surface area (Å²) in [6.07, 6.45) is 3.67. The second kappa shape index (κ2) is 7.08. The summed E-state index contributed by atoms with van der Waals surface area (Å²) in [5, 5.41) is 0. The van der Waals surface area contributed by atoms with Gasteiger partial charge in [0.15, 0.2) is 0 Å². The van der Waals surface area contributed by atoms with Crippen molar-refractivity contribution in [2.45, 2.75) is 19.4 Å². The highest BCUT2D eigenvalue weighted by molar-refractivity contribution is 5.75. The Balaban J connectivity index is 3.60. The lowest BCUT2D eigenvalue weighted by Crippen LogP contribution is -2.30. The fourth-order valence-corrected chi connectivity index (χ4v) is 0.724. The lowest BCUT2D eigenvalue weighted by molar-refractivity contribution is -0.142. The Kier molecular flexibility index (Phi) is 6.39. The summed E-state index contributed by atoms with van der Waals surface area (Å²) >= 11 is 0. The number of ether oxygens (including phenoxy) is 2. The first kappa shape index (κ1) is 12.6. The van der Waals surface area contributed by atoms with Crippen LogP contribution in [0.4, 0.5) is 0 Å². The SMILES string of the molecule is COC(=O)C(N)C/C=C/COC(C)=O. The molecule has 0 aliphatic heterocycles. The summed E-state index contributed by atoms with van der Waals surface area (Å²) in [4.78, 5) is 21.2. The molecule has 80 valence electrons. The van der Waals surface area contributed by atoms with E-state index in [1.807, 2.05) is 0 Å². The molecule has 0 heterocycles. The van der Waals surface area contributed by atoms with Crippen LogP contribution in [0.15, 0.2) is 12.2 Å². The van der Waals surface area contributed by atoms with Crippen molar-refractivity contribution in [3.8, 4) is 0 Å². The van der Waals surface area contributed by atoms with Crippen LogP contribution in [0.3, 0.4) is 0 Å². The van der Waals surface area contributed by atoms with E-state index in [2.05, 4.69) is 9.47 Å². The van der Waals surface area contributed by atoms with Gasteiger partial charge in [-0.15, -0.1) is 0 Å². The standard InChI is InChI=1S/C9H15NO4/c1-7(11)14-6-4-3-5-8(10)9(12)13-2/h3-4,8H,5-6,10H2,1-2H3/b4-3+. The molecule has 0 fully saturated rings. The van der Waals surface area contributed by atoms with Crippen LogP contribution in [0.2, 0.25) is 0 Å². The second-order valence-electron chi connectivity index (χ2n) is 2.64. The van der Waals surface area contributed by atoms with Gasteiger partial charge in [0.1, 0.15) is 12.6 Å². The molecule has 1 unspecified atom stereocenters. The summed E-state index contributed by atoms with van der Waals surface area (Å²) in [5.74, 6) is -0.797. The van der Waals surface area contributed by atoms with Gasteiger partial charge in [-0.05, 0) is 6.42 Å². The maximum absolute atomic E-state index is 10.8. The molecule has 0 spiro atoms. The summed E-state index contributed by atoms with van der Waals surface area (Å²) < 4.78 is 9.05. The summed E-state index contributed by atoms with van der Waals surface area (Å²) in [5.41, 5.74) is 5.44. The van der Waals surface area contributed by atoms with Gasteiger partial charge in [0.05, 0.1) is 7.11 Å². The summed E-state index contributed by atoms with van der Waals surface area (Å²) in [7, 11) is 1.28. The van der Waals surface area contributed by atoms with Gasteiger partial charge in [0, 0.05) is 6.92 Å². The monoisotopic (exact) mass is 201 g/mol. The Morgan fingerprint density at radius 2 is 2.07 bits per heavy atom. The molecule has 14 heavy (non-hydrogen) atoms. The van der Waals surface area contributed by atoms with Crippen molar-refractivity contribution in [3.63, 3.8) is 0 Å². The molecule has 0 aliphatic carbocycles. The summed E-state index contributed by atoms with van der Waals surface area (Å²) in [6, 6.07) is -0.659. The Hall–Kier alpha value is -1.36. The van der Waals surface area contributed by atoms with E-state index >= 15 is 0 Å². The maximum Gasteiger partial charge on any atom is 0.322 e. The van der Waals surface area contributed by atoms with Crippen molar-refractivity contribution in [3.05, 3.63) is 12.2 Å². The third kappa shape index (κ3) is 6.19. The normalized spacial score (nSPS) is 12.5. The molecular formula is C9H15NO4. The molecular weight excluding hydrogens is 186 g/mol. The van der Waals surface area contributed by atoms with E-state index in [4.69, 9.17) is 5.73 Å². The van der Waals surface area contributed by atoms with Gasteiger partial charge < -0.3 is 15.2 Å². The van der Waals surface area contributed by atoms with Crippen LogP contribution in [0.5, 0.6) is 0 Å². The Morgan fingerprint density at radius 1 is 1.43 bits per heavy atom. The van der Waals surface area contributed by atoms with E-state index in [0.717, 1.165) is 0 Å². The van der Waals surface area contributed by atoms with Crippen molar-refractivity contribution in [1.82, 2.24) is 0 Å². The van der Waals surface area contributed by atoms with Crippen LogP contribution in [0.1, 0.15) is 13.3 Å². The Bertz CT molecular complexity index is 225. The largest absolute Gasteiger partial charge is 0.468 e. The van der Waals surface area contributed by atoms with Crippen molar-refractivity contribution in [2.24, 2.45) is 5.73 Å². The minimum atomic E-state index is -0.659. The molecule has 0 radical (unpaired) electrons. The number of hydrogen-bond donors (Lipinski definition) is 1. The number of methoxy groups -OCH3 is 1. The van der Waals surface area contributed by atoms with Crippen molar-refractivity contribution < 1.29 is 19.1 Å². The first-order valence-corrected chi connectivity index (χ1v) is 4.19. The number of rotatable bonds is 5. The summed E-state index contributed by atoms with van der Waals surface area (Å²) in [6.45, 7) is 1.53. The van der Waals surface area contributed by atoms with E-state index in [0.29, 0.717) is 6.42 Å². The van der Waals surface area contributed by atoms with E-state index in [9.17, 15) is 9.59 Å². The molecule has 0 aromatic heterocycles. The van der Waals surface area contributed by atoms with Crippen LogP contribution in [-0.2, 0) is 19.1 Å². The first-order valence-electron chi connectivity index (χ1n) is 4.19. The highest BCUT2D eigenvalue weighted by atomic mass is 16.5. The maximum atomic E-state index is 10.8. The van der Waals surface area contributed by atoms with Gasteiger partial charge >= 0.3 is 11.9 Å². The van der Waals surface area contributed by atoms with Gasteiger partial charge in [-0.2, -0.15) is 0 Å². The molecule has 0 bridgehead atoms. The van der Waals surface area contributed by atoms with Crippen molar-refractivity contribution in [2.75, 3.05) is 13.7 Å². The number of carbonyl (C=O) groups is 2. The third-order valence-corrected chi connectivity index (χ3v) is 1.44. The van der Waals surface area contributed by atoms with Crippen molar-refractivity contribution >= 4 is 11.9 Å². The average molecular weight is 201 g/mol. The smallest absolute Gasteiger partial charge is 0.322 e. The number of carbonyl (C=O) groups excluding carboxylic acids is 2. The van der Waals surface area contributed by atoms with Gasteiger partial charge in [-0.3, -0.25) is 9.59 Å². The van der Waals surface area contributed by atoms with Gasteiger partial charge in [-0.25, -0.2) is 0 Å². The lowest BCUT2D eigenvalue weighted by Gasteiger charge is -2.04. The van der Waals surface area contributed by atoms with Crippen LogP contribution in [0, 0.1) is 0 Å². The molecule has 5 heteroatoms. The molecule has 0 rings (SSSR count).